The zero-order valence-electron chi connectivity index (χ0n) is 37.5. The fourth-order valence-electron chi connectivity index (χ4n) is 12.4. The second kappa shape index (κ2) is 14.0. The van der Waals surface area contributed by atoms with Crippen molar-refractivity contribution < 1.29 is 0 Å². The molecule has 4 heterocycles. The molecule has 2 aliphatic carbocycles. The van der Waals surface area contributed by atoms with Crippen molar-refractivity contribution in [2.75, 3.05) is 0 Å². The third-order valence-corrected chi connectivity index (χ3v) is 16.3. The van der Waals surface area contributed by atoms with E-state index in [0.29, 0.717) is 17.6 Å². The van der Waals surface area contributed by atoms with Crippen LogP contribution in [0.25, 0.3) is 120 Å². The third-order valence-electron chi connectivity index (χ3n) is 15.2. The fraction of sp³-hybridized carbons (Fsp3) is 0.0156. The number of hydrogen-bond donors (Lipinski definition) is 0. The first-order valence-corrected chi connectivity index (χ1v) is 24.7. The van der Waals surface area contributed by atoms with Crippen LogP contribution < -0.4 is 0 Å². The van der Waals surface area contributed by atoms with Gasteiger partial charge in [0.1, 0.15) is 0 Å². The highest BCUT2D eigenvalue weighted by Gasteiger charge is 2.52. The van der Waals surface area contributed by atoms with Gasteiger partial charge in [0.25, 0.3) is 0 Å². The molecule has 14 aromatic rings. The summed E-state index contributed by atoms with van der Waals surface area (Å²) >= 11 is 1.80. The molecule has 0 amide bonds. The van der Waals surface area contributed by atoms with Gasteiger partial charge in [-0.2, -0.15) is 9.97 Å². The largest absolute Gasteiger partial charge is 0.309 e. The Labute approximate surface area is 405 Å². The number of benzene rings is 10. The molecule has 1 spiro atoms. The number of rotatable bonds is 4. The van der Waals surface area contributed by atoms with E-state index >= 15 is 0 Å². The summed E-state index contributed by atoms with van der Waals surface area (Å²) in [5.41, 5.74) is 17.3. The Bertz CT molecular complexity index is 4470. The van der Waals surface area contributed by atoms with Crippen LogP contribution in [0.1, 0.15) is 22.3 Å². The summed E-state index contributed by atoms with van der Waals surface area (Å²) in [4.78, 5) is 16.2. The average Bonchev–Trinajstić information content (AvgIpc) is 4.21. The number of thiophene rings is 1. The molecule has 0 N–H and O–H groups in total. The van der Waals surface area contributed by atoms with Crippen LogP contribution >= 0.6 is 11.3 Å². The Hall–Kier alpha value is -8.97. The molecule has 0 unspecified atom stereocenters. The fourth-order valence-corrected chi connectivity index (χ4v) is 13.6. The maximum absolute atomic E-state index is 5.43. The van der Waals surface area contributed by atoms with Gasteiger partial charge in [0.05, 0.1) is 27.5 Å². The number of para-hydroxylation sites is 3. The van der Waals surface area contributed by atoms with Gasteiger partial charge in [-0.15, -0.1) is 11.3 Å². The first-order chi connectivity index (χ1) is 34.7. The molecule has 0 aliphatic heterocycles. The average molecular weight is 908 g/mol. The lowest BCUT2D eigenvalue weighted by atomic mass is 9.70. The molecule has 0 bridgehead atoms. The minimum absolute atomic E-state index is 0.459. The van der Waals surface area contributed by atoms with Gasteiger partial charge in [-0.25, -0.2) is 4.98 Å². The Morgan fingerprint density at radius 1 is 0.343 bits per heavy atom. The van der Waals surface area contributed by atoms with E-state index in [4.69, 9.17) is 15.0 Å². The van der Waals surface area contributed by atoms with E-state index in [9.17, 15) is 0 Å². The SMILES string of the molecule is c1cc(-c2nc(-c3ccc4c(c3)sc3ccccc34)nc(-n3c4ccccc4c4ccccc43)n2)cc(-n2c3ccccc3c3ccc4c(c32)-c2ccccc2C42c3ccccc3-c3ccccc32)c1. The summed E-state index contributed by atoms with van der Waals surface area (Å²) in [6.07, 6.45) is 0. The predicted octanol–water partition coefficient (Wildman–Crippen LogP) is 16.1. The lowest BCUT2D eigenvalue weighted by Gasteiger charge is -2.30. The molecule has 4 aromatic heterocycles. The quantitative estimate of drug-likeness (QED) is 0.177. The van der Waals surface area contributed by atoms with E-state index in [1.54, 1.807) is 11.3 Å². The summed E-state index contributed by atoms with van der Waals surface area (Å²) in [7, 11) is 0. The highest BCUT2D eigenvalue weighted by Crippen LogP contribution is 2.64. The second-order valence-corrected chi connectivity index (χ2v) is 19.7. The van der Waals surface area contributed by atoms with Crippen molar-refractivity contribution in [1.82, 2.24) is 24.1 Å². The molecule has 70 heavy (non-hydrogen) atoms. The van der Waals surface area contributed by atoms with Crippen LogP contribution in [-0.2, 0) is 5.41 Å². The highest BCUT2D eigenvalue weighted by atomic mass is 32.1. The molecule has 0 radical (unpaired) electrons. The smallest absolute Gasteiger partial charge is 0.238 e. The minimum atomic E-state index is -0.459. The van der Waals surface area contributed by atoms with Crippen molar-refractivity contribution in [3.8, 4) is 56.7 Å². The monoisotopic (exact) mass is 907 g/mol. The second-order valence-electron chi connectivity index (χ2n) is 18.6. The zero-order valence-corrected chi connectivity index (χ0v) is 38.3. The van der Waals surface area contributed by atoms with Crippen molar-refractivity contribution in [2.45, 2.75) is 5.41 Å². The van der Waals surface area contributed by atoms with E-state index in [-0.39, 0.29) is 0 Å². The first kappa shape index (κ1) is 38.0. The van der Waals surface area contributed by atoms with Crippen LogP contribution in [-0.4, -0.2) is 24.1 Å². The summed E-state index contributed by atoms with van der Waals surface area (Å²) < 4.78 is 7.15. The summed E-state index contributed by atoms with van der Waals surface area (Å²) in [5, 5.41) is 7.24. The molecule has 2 aliphatic rings. The normalized spacial score (nSPS) is 13.3. The Balaban J connectivity index is 0.954. The van der Waals surface area contributed by atoms with Gasteiger partial charge in [0.15, 0.2) is 11.6 Å². The number of nitrogens with zero attached hydrogens (tertiary/aromatic N) is 5. The van der Waals surface area contributed by atoms with Crippen molar-refractivity contribution >= 4 is 75.1 Å². The van der Waals surface area contributed by atoms with Crippen LogP contribution in [0.5, 0.6) is 0 Å². The lowest BCUT2D eigenvalue weighted by Crippen LogP contribution is -2.25. The maximum atomic E-state index is 5.43. The van der Waals surface area contributed by atoms with Crippen molar-refractivity contribution in [1.29, 1.82) is 0 Å². The Kier molecular flexibility index (Phi) is 7.63. The van der Waals surface area contributed by atoms with Gasteiger partial charge in [-0.3, -0.25) is 4.57 Å². The van der Waals surface area contributed by atoms with Gasteiger partial charge >= 0.3 is 0 Å². The van der Waals surface area contributed by atoms with Crippen molar-refractivity contribution in [2.24, 2.45) is 0 Å². The molecular weight excluding hydrogens is 871 g/mol. The highest BCUT2D eigenvalue weighted by molar-refractivity contribution is 7.25. The van der Waals surface area contributed by atoms with Gasteiger partial charge in [-0.1, -0.05) is 182 Å². The van der Waals surface area contributed by atoms with Gasteiger partial charge in [0, 0.05) is 64.1 Å². The summed E-state index contributed by atoms with van der Waals surface area (Å²) in [6.45, 7) is 0. The predicted molar refractivity (Wildman–Crippen MR) is 289 cm³/mol. The van der Waals surface area contributed by atoms with Gasteiger partial charge in [0.2, 0.25) is 5.95 Å². The molecule has 5 nitrogen and oxygen atoms in total. The number of hydrogen-bond acceptors (Lipinski definition) is 4. The van der Waals surface area contributed by atoms with E-state index in [0.717, 1.165) is 44.1 Å². The number of aromatic nitrogens is 5. The molecule has 0 atom stereocenters. The summed E-state index contributed by atoms with van der Waals surface area (Å²) in [5.74, 6) is 1.81. The van der Waals surface area contributed by atoms with E-state index < -0.39 is 5.41 Å². The molecule has 6 heteroatoms. The van der Waals surface area contributed by atoms with Crippen LogP contribution in [0.4, 0.5) is 0 Å². The molecule has 16 rings (SSSR count). The lowest BCUT2D eigenvalue weighted by molar-refractivity contribution is 0.794. The van der Waals surface area contributed by atoms with Crippen LogP contribution in [0.3, 0.4) is 0 Å². The van der Waals surface area contributed by atoms with Crippen LogP contribution in [0, 0.1) is 0 Å². The Morgan fingerprint density at radius 3 is 1.54 bits per heavy atom. The van der Waals surface area contributed by atoms with Gasteiger partial charge in [-0.05, 0) is 81.4 Å². The summed E-state index contributed by atoms with van der Waals surface area (Å²) in [6, 6.07) is 81.9. The van der Waals surface area contributed by atoms with Crippen LogP contribution in [0.15, 0.2) is 224 Å². The molecule has 324 valence electrons. The molecule has 0 fully saturated rings. The van der Waals surface area contributed by atoms with Crippen LogP contribution in [0.2, 0.25) is 0 Å². The van der Waals surface area contributed by atoms with Gasteiger partial charge < -0.3 is 4.57 Å². The van der Waals surface area contributed by atoms with E-state index in [1.165, 1.54) is 81.0 Å². The minimum Gasteiger partial charge on any atom is -0.309 e. The topological polar surface area (TPSA) is 48.5 Å². The molecular formula is C64H37N5S. The zero-order chi connectivity index (χ0) is 45.7. The molecule has 10 aromatic carbocycles. The third kappa shape index (κ3) is 4.97. The Morgan fingerprint density at radius 2 is 0.857 bits per heavy atom. The van der Waals surface area contributed by atoms with Crippen molar-refractivity contribution in [3.05, 3.63) is 247 Å². The molecule has 0 saturated heterocycles. The van der Waals surface area contributed by atoms with Crippen molar-refractivity contribution in [3.63, 3.8) is 0 Å². The number of fused-ring (bicyclic) bond motifs is 20. The first-order valence-electron chi connectivity index (χ1n) is 23.9. The van der Waals surface area contributed by atoms with E-state index in [2.05, 4.69) is 234 Å². The maximum Gasteiger partial charge on any atom is 0.238 e. The van der Waals surface area contributed by atoms with E-state index in [1.807, 2.05) is 0 Å². The molecule has 0 saturated carbocycles. The standard InChI is InChI=1S/C64H37N5S/c1-8-25-50-41(18-1)42-19-2-9-26-51(42)64(50)52-27-10-3-24-49(52)59-53(64)35-34-48-45-22-6-11-28-54(45)68(60(48)59)40-17-15-16-38(36-40)61-65-62(39-32-33-47-46-23-7-14-31-57(46)70-58(47)37-39)67-63(66-61)69-55-29-12-4-20-43(55)44-21-5-13-30-56(44)69/h1-37H.